The van der Waals surface area contributed by atoms with Gasteiger partial charge in [0.15, 0.2) is 0 Å². The quantitative estimate of drug-likeness (QED) is 0.371. The maximum absolute atomic E-state index is 13.5. The van der Waals surface area contributed by atoms with Crippen LogP contribution in [0.2, 0.25) is 0 Å². The fourth-order valence-corrected chi connectivity index (χ4v) is 5.76. The van der Waals surface area contributed by atoms with Gasteiger partial charge < -0.3 is 15.4 Å². The van der Waals surface area contributed by atoms with Crippen LogP contribution in [0.4, 0.5) is 11.4 Å². The SMILES string of the molecule is Nc1cccc(CSN2CCN(c3cnn(-c4ccccc4)c(=O)c3OCC3CCCC3)CC2)c1. The molecule has 1 saturated carbocycles. The van der Waals surface area contributed by atoms with Crippen molar-refractivity contribution < 1.29 is 4.74 Å². The molecule has 0 amide bonds. The van der Waals surface area contributed by atoms with Gasteiger partial charge in [-0.25, -0.2) is 4.31 Å². The zero-order chi connectivity index (χ0) is 24.0. The van der Waals surface area contributed by atoms with Crippen LogP contribution in [-0.4, -0.2) is 46.9 Å². The summed E-state index contributed by atoms with van der Waals surface area (Å²) < 4.78 is 10.1. The van der Waals surface area contributed by atoms with Crippen molar-refractivity contribution in [3.8, 4) is 11.4 Å². The standard InChI is InChI=1S/C27H33N5O2S/c28-23-10-6-9-22(17-23)20-35-31-15-13-30(14-16-31)25-18-29-32(24-11-2-1-3-12-24)27(33)26(25)34-19-21-7-4-5-8-21/h1-3,6,9-12,17-18,21H,4-5,7-8,13-16,19-20,28H2. The van der Waals surface area contributed by atoms with E-state index < -0.39 is 0 Å². The van der Waals surface area contributed by atoms with Crippen molar-refractivity contribution in [3.05, 3.63) is 76.7 Å². The van der Waals surface area contributed by atoms with E-state index in [2.05, 4.69) is 20.4 Å². The number of aromatic nitrogens is 2. The highest BCUT2D eigenvalue weighted by Crippen LogP contribution is 2.30. The van der Waals surface area contributed by atoms with Crippen LogP contribution in [0.3, 0.4) is 0 Å². The Morgan fingerprint density at radius 3 is 2.51 bits per heavy atom. The van der Waals surface area contributed by atoms with Crippen molar-refractivity contribution in [2.24, 2.45) is 5.92 Å². The molecule has 2 N–H and O–H groups in total. The molecule has 0 unspecified atom stereocenters. The first-order valence-electron chi connectivity index (χ1n) is 12.4. The van der Waals surface area contributed by atoms with Crippen molar-refractivity contribution in [3.63, 3.8) is 0 Å². The van der Waals surface area contributed by atoms with Crippen LogP contribution in [-0.2, 0) is 5.75 Å². The maximum Gasteiger partial charge on any atom is 0.316 e. The van der Waals surface area contributed by atoms with E-state index in [0.29, 0.717) is 18.3 Å². The van der Waals surface area contributed by atoms with Gasteiger partial charge in [-0.05, 0) is 48.6 Å². The predicted octanol–water partition coefficient (Wildman–Crippen LogP) is 4.35. The predicted molar refractivity (Wildman–Crippen MR) is 143 cm³/mol. The summed E-state index contributed by atoms with van der Waals surface area (Å²) in [5, 5.41) is 4.52. The third-order valence-corrected chi connectivity index (χ3v) is 7.99. The van der Waals surface area contributed by atoms with Gasteiger partial charge in [0.05, 0.1) is 18.5 Å². The Hall–Kier alpha value is -2.97. The third kappa shape index (κ3) is 5.82. The number of piperazine rings is 1. The van der Waals surface area contributed by atoms with E-state index in [-0.39, 0.29) is 5.56 Å². The average Bonchev–Trinajstić information content (AvgIpc) is 3.41. The Morgan fingerprint density at radius 1 is 1.00 bits per heavy atom. The third-order valence-electron chi connectivity index (χ3n) is 6.80. The number of ether oxygens (including phenoxy) is 1. The highest BCUT2D eigenvalue weighted by atomic mass is 32.2. The molecule has 1 aliphatic heterocycles. The number of hydrogen-bond acceptors (Lipinski definition) is 7. The van der Waals surface area contributed by atoms with Crippen LogP contribution in [0.5, 0.6) is 5.75 Å². The molecule has 2 aromatic carbocycles. The largest absolute Gasteiger partial charge is 0.486 e. The van der Waals surface area contributed by atoms with E-state index >= 15 is 0 Å². The first-order chi connectivity index (χ1) is 17.2. The number of anilines is 2. The molecule has 184 valence electrons. The smallest absolute Gasteiger partial charge is 0.316 e. The lowest BCUT2D eigenvalue weighted by Gasteiger charge is -2.35. The molecule has 1 aromatic heterocycles. The minimum atomic E-state index is -0.190. The number of hydrogen-bond donors (Lipinski definition) is 1. The Kier molecular flexibility index (Phi) is 7.59. The molecule has 1 aliphatic carbocycles. The van der Waals surface area contributed by atoms with Crippen LogP contribution < -0.4 is 20.9 Å². The fraction of sp³-hybridized carbons (Fsp3) is 0.407. The Bertz CT molecular complexity index is 1170. The van der Waals surface area contributed by atoms with Crippen molar-refractivity contribution >= 4 is 23.3 Å². The van der Waals surface area contributed by atoms with Gasteiger partial charge in [-0.3, -0.25) is 4.79 Å². The summed E-state index contributed by atoms with van der Waals surface area (Å²) in [5.41, 5.74) is 9.31. The van der Waals surface area contributed by atoms with Gasteiger partial charge in [-0.1, -0.05) is 55.1 Å². The van der Waals surface area contributed by atoms with Gasteiger partial charge in [0.2, 0.25) is 5.75 Å². The molecule has 0 atom stereocenters. The molecule has 2 aliphatic rings. The maximum atomic E-state index is 13.5. The molecule has 0 spiro atoms. The second-order valence-electron chi connectivity index (χ2n) is 9.31. The van der Waals surface area contributed by atoms with Gasteiger partial charge in [0.25, 0.3) is 0 Å². The summed E-state index contributed by atoms with van der Waals surface area (Å²) in [4.78, 5) is 15.8. The minimum Gasteiger partial charge on any atom is -0.486 e. The molecule has 1 saturated heterocycles. The molecule has 2 fully saturated rings. The first kappa shape index (κ1) is 23.8. The lowest BCUT2D eigenvalue weighted by Crippen LogP contribution is -2.44. The topological polar surface area (TPSA) is 76.6 Å². The molecule has 5 rings (SSSR count). The molecule has 35 heavy (non-hydrogen) atoms. The zero-order valence-electron chi connectivity index (χ0n) is 20.0. The van der Waals surface area contributed by atoms with Gasteiger partial charge >= 0.3 is 5.56 Å². The van der Waals surface area contributed by atoms with E-state index in [1.54, 1.807) is 6.20 Å². The Morgan fingerprint density at radius 2 is 1.77 bits per heavy atom. The first-order valence-corrected chi connectivity index (χ1v) is 13.4. The summed E-state index contributed by atoms with van der Waals surface area (Å²) in [6, 6.07) is 17.6. The number of para-hydroxylation sites is 1. The summed E-state index contributed by atoms with van der Waals surface area (Å²) in [6.45, 7) is 4.03. The average molecular weight is 492 g/mol. The zero-order valence-corrected chi connectivity index (χ0v) is 20.8. The van der Waals surface area contributed by atoms with Crippen molar-refractivity contribution in [2.45, 2.75) is 31.4 Å². The molecular formula is C27H33N5O2S. The Labute approximate surface area is 211 Å². The van der Waals surface area contributed by atoms with E-state index in [4.69, 9.17) is 10.5 Å². The van der Waals surface area contributed by atoms with E-state index in [0.717, 1.165) is 49.0 Å². The van der Waals surface area contributed by atoms with Crippen LogP contribution in [0.1, 0.15) is 31.2 Å². The molecule has 8 heteroatoms. The highest BCUT2D eigenvalue weighted by Gasteiger charge is 2.25. The number of nitrogens with two attached hydrogens (primary N) is 1. The van der Waals surface area contributed by atoms with Crippen molar-refractivity contribution in [1.82, 2.24) is 14.1 Å². The van der Waals surface area contributed by atoms with Gasteiger partial charge in [0.1, 0.15) is 5.69 Å². The van der Waals surface area contributed by atoms with Crippen LogP contribution in [0.15, 0.2) is 65.6 Å². The molecule has 0 radical (unpaired) electrons. The molecule has 3 aromatic rings. The van der Waals surface area contributed by atoms with E-state index in [1.165, 1.54) is 35.9 Å². The van der Waals surface area contributed by atoms with Gasteiger partial charge in [0, 0.05) is 37.6 Å². The van der Waals surface area contributed by atoms with Gasteiger partial charge in [-0.2, -0.15) is 9.78 Å². The molecule has 2 heterocycles. The minimum absolute atomic E-state index is 0.190. The molecule has 7 nitrogen and oxygen atoms in total. The van der Waals surface area contributed by atoms with Crippen molar-refractivity contribution in [2.75, 3.05) is 43.4 Å². The summed E-state index contributed by atoms with van der Waals surface area (Å²) >= 11 is 1.83. The summed E-state index contributed by atoms with van der Waals surface area (Å²) in [7, 11) is 0. The van der Waals surface area contributed by atoms with Crippen molar-refractivity contribution in [1.29, 1.82) is 0 Å². The second-order valence-corrected chi connectivity index (χ2v) is 10.4. The number of rotatable bonds is 8. The number of nitrogens with zero attached hydrogens (tertiary/aromatic N) is 4. The van der Waals surface area contributed by atoms with Crippen LogP contribution in [0.25, 0.3) is 5.69 Å². The monoisotopic (exact) mass is 491 g/mol. The van der Waals surface area contributed by atoms with E-state index in [9.17, 15) is 4.79 Å². The summed E-state index contributed by atoms with van der Waals surface area (Å²) in [6.07, 6.45) is 6.65. The van der Waals surface area contributed by atoms with Crippen LogP contribution >= 0.6 is 11.9 Å². The molecule has 0 bridgehead atoms. The van der Waals surface area contributed by atoms with E-state index in [1.807, 2.05) is 60.5 Å². The summed E-state index contributed by atoms with van der Waals surface area (Å²) in [5.74, 6) is 1.85. The molecular weight excluding hydrogens is 458 g/mol. The Balaban J connectivity index is 1.30. The van der Waals surface area contributed by atoms with Gasteiger partial charge in [-0.15, -0.1) is 0 Å². The lowest BCUT2D eigenvalue weighted by atomic mass is 10.1. The number of nitrogen functional groups attached to an aromatic ring is 1. The number of benzene rings is 2. The normalized spacial score (nSPS) is 17.1. The lowest BCUT2D eigenvalue weighted by molar-refractivity contribution is 0.247. The van der Waals surface area contributed by atoms with Crippen LogP contribution in [0, 0.1) is 5.92 Å². The second kappa shape index (κ2) is 11.2. The highest BCUT2D eigenvalue weighted by molar-refractivity contribution is 7.96. The fourth-order valence-electron chi connectivity index (χ4n) is 4.83.